The molecule has 10 heteroatoms. The van der Waals surface area contributed by atoms with Crippen LogP contribution in [0.3, 0.4) is 0 Å². The van der Waals surface area contributed by atoms with E-state index >= 15 is 0 Å². The maximum Gasteiger partial charge on any atom is 0.298 e. The molecular formula is C22H19F4N3O3. The van der Waals surface area contributed by atoms with Gasteiger partial charge < -0.3 is 10.1 Å². The second-order valence-electron chi connectivity index (χ2n) is 6.96. The number of methoxy groups -OCH3 is 1. The zero-order valence-electron chi connectivity index (χ0n) is 17.1. The monoisotopic (exact) mass is 449 g/mol. The molecule has 1 atom stereocenters. The van der Waals surface area contributed by atoms with E-state index in [2.05, 4.69) is 15.2 Å². The van der Waals surface area contributed by atoms with E-state index in [0.29, 0.717) is 0 Å². The maximum absolute atomic E-state index is 14.8. The Morgan fingerprint density at radius 3 is 2.53 bits per heavy atom. The standard InChI is InChI=1S/C22H19F4N3O3/c1-13(14-6-5-7-15(20(14)24)22(25,26)12-32-2)27-21(31)17-10-11-19(30)29(28-17)18-9-4-3-8-16(18)23/h3-11,13H,12H2,1-2H3,(H,27,31)/t13-/m1/s1. The molecule has 0 saturated carbocycles. The van der Waals surface area contributed by atoms with Gasteiger partial charge in [0.05, 0.1) is 11.6 Å². The van der Waals surface area contributed by atoms with Crippen LogP contribution in [0.2, 0.25) is 0 Å². The number of carbonyl (C=O) groups excluding carboxylic acids is 1. The Morgan fingerprint density at radius 2 is 1.84 bits per heavy atom. The molecule has 0 bridgehead atoms. The number of alkyl halides is 2. The van der Waals surface area contributed by atoms with Gasteiger partial charge in [0, 0.05) is 18.7 Å². The van der Waals surface area contributed by atoms with Gasteiger partial charge in [-0.2, -0.15) is 18.6 Å². The van der Waals surface area contributed by atoms with Gasteiger partial charge in [-0.05, 0) is 31.2 Å². The molecule has 0 spiro atoms. The van der Waals surface area contributed by atoms with Crippen molar-refractivity contribution < 1.29 is 27.1 Å². The van der Waals surface area contributed by atoms with E-state index < -0.39 is 47.2 Å². The van der Waals surface area contributed by atoms with Gasteiger partial charge in [-0.1, -0.05) is 24.3 Å². The molecule has 1 aromatic heterocycles. The van der Waals surface area contributed by atoms with Crippen LogP contribution in [0.4, 0.5) is 17.6 Å². The molecule has 1 heterocycles. The number of rotatable bonds is 7. The van der Waals surface area contributed by atoms with Crippen molar-refractivity contribution in [2.24, 2.45) is 0 Å². The summed E-state index contributed by atoms with van der Waals surface area (Å²) in [5, 5.41) is 6.33. The summed E-state index contributed by atoms with van der Waals surface area (Å²) < 4.78 is 62.3. The number of halogens is 4. The van der Waals surface area contributed by atoms with Crippen LogP contribution in [0.5, 0.6) is 0 Å². The van der Waals surface area contributed by atoms with Gasteiger partial charge >= 0.3 is 0 Å². The van der Waals surface area contributed by atoms with Crippen molar-refractivity contribution in [3.8, 4) is 5.69 Å². The highest BCUT2D eigenvalue weighted by atomic mass is 19.3. The SMILES string of the molecule is COCC(F)(F)c1cccc([C@@H](C)NC(=O)c2ccc(=O)n(-c3ccccc3F)n2)c1F. The molecule has 0 aliphatic carbocycles. The van der Waals surface area contributed by atoms with Crippen molar-refractivity contribution in [3.63, 3.8) is 0 Å². The van der Waals surface area contributed by atoms with Crippen LogP contribution < -0.4 is 10.9 Å². The minimum atomic E-state index is -3.56. The molecule has 1 N–H and O–H groups in total. The predicted octanol–water partition coefficient (Wildman–Crippen LogP) is 3.74. The van der Waals surface area contributed by atoms with Crippen molar-refractivity contribution in [2.75, 3.05) is 13.7 Å². The van der Waals surface area contributed by atoms with E-state index in [-0.39, 0.29) is 16.9 Å². The number of benzene rings is 2. The third-order valence-corrected chi connectivity index (χ3v) is 4.68. The maximum atomic E-state index is 14.8. The van der Waals surface area contributed by atoms with Crippen LogP contribution in [0, 0.1) is 11.6 Å². The fourth-order valence-electron chi connectivity index (χ4n) is 3.10. The van der Waals surface area contributed by atoms with Gasteiger partial charge in [0.1, 0.15) is 29.6 Å². The smallest absolute Gasteiger partial charge is 0.298 e. The predicted molar refractivity (Wildman–Crippen MR) is 108 cm³/mol. The summed E-state index contributed by atoms with van der Waals surface area (Å²) in [6.07, 6.45) is 0. The number of carbonyl (C=O) groups is 1. The van der Waals surface area contributed by atoms with E-state index in [9.17, 15) is 27.2 Å². The number of aromatic nitrogens is 2. The first-order chi connectivity index (χ1) is 15.2. The lowest BCUT2D eigenvalue weighted by Crippen LogP contribution is -2.31. The number of para-hydroxylation sites is 1. The minimum absolute atomic E-state index is 0.153. The highest BCUT2D eigenvalue weighted by Gasteiger charge is 2.36. The van der Waals surface area contributed by atoms with Crippen molar-refractivity contribution in [1.29, 1.82) is 0 Å². The molecule has 0 unspecified atom stereocenters. The van der Waals surface area contributed by atoms with Gasteiger partial charge in [0.25, 0.3) is 17.4 Å². The Hall–Kier alpha value is -3.53. The molecular weight excluding hydrogens is 430 g/mol. The van der Waals surface area contributed by atoms with Crippen molar-refractivity contribution >= 4 is 5.91 Å². The van der Waals surface area contributed by atoms with Crippen LogP contribution >= 0.6 is 0 Å². The van der Waals surface area contributed by atoms with Gasteiger partial charge in [-0.15, -0.1) is 0 Å². The first-order valence-corrected chi connectivity index (χ1v) is 9.47. The lowest BCUT2D eigenvalue weighted by Gasteiger charge is -2.20. The molecule has 168 valence electrons. The third kappa shape index (κ3) is 4.70. The van der Waals surface area contributed by atoms with E-state index in [1.807, 2.05) is 0 Å². The van der Waals surface area contributed by atoms with Gasteiger partial charge in [-0.25, -0.2) is 8.78 Å². The molecule has 0 aliphatic heterocycles. The van der Waals surface area contributed by atoms with E-state index in [4.69, 9.17) is 0 Å². The third-order valence-electron chi connectivity index (χ3n) is 4.68. The number of ether oxygens (including phenoxy) is 1. The second-order valence-corrected chi connectivity index (χ2v) is 6.96. The highest BCUT2D eigenvalue weighted by molar-refractivity contribution is 5.92. The molecule has 3 rings (SSSR count). The van der Waals surface area contributed by atoms with E-state index in [0.717, 1.165) is 36.1 Å². The largest absolute Gasteiger partial charge is 0.378 e. The highest BCUT2D eigenvalue weighted by Crippen LogP contribution is 2.33. The van der Waals surface area contributed by atoms with Crippen LogP contribution in [0.15, 0.2) is 59.4 Å². The topological polar surface area (TPSA) is 73.2 Å². The number of hydrogen-bond donors (Lipinski definition) is 1. The second kappa shape index (κ2) is 9.31. The molecule has 2 aromatic carbocycles. The average Bonchev–Trinajstić information content (AvgIpc) is 2.74. The Labute approximate surface area is 180 Å². The van der Waals surface area contributed by atoms with E-state index in [1.165, 1.54) is 37.3 Å². The molecule has 3 aromatic rings. The number of nitrogens with one attached hydrogen (secondary N) is 1. The zero-order chi connectivity index (χ0) is 23.5. The van der Waals surface area contributed by atoms with Crippen LogP contribution in [-0.2, 0) is 10.7 Å². The lowest BCUT2D eigenvalue weighted by molar-refractivity contribution is -0.0722. The summed E-state index contributed by atoms with van der Waals surface area (Å²) in [4.78, 5) is 24.7. The Balaban J connectivity index is 1.88. The Kier molecular flexibility index (Phi) is 6.73. The van der Waals surface area contributed by atoms with Crippen LogP contribution in [0.25, 0.3) is 5.69 Å². The summed E-state index contributed by atoms with van der Waals surface area (Å²) in [6, 6.07) is 9.97. The number of amides is 1. The Morgan fingerprint density at radius 1 is 1.12 bits per heavy atom. The molecule has 32 heavy (non-hydrogen) atoms. The fraction of sp³-hybridized carbons (Fsp3) is 0.227. The van der Waals surface area contributed by atoms with Gasteiger partial charge in [-0.3, -0.25) is 9.59 Å². The summed E-state index contributed by atoms with van der Waals surface area (Å²) in [7, 11) is 1.08. The quantitative estimate of drug-likeness (QED) is 0.558. The van der Waals surface area contributed by atoms with Crippen molar-refractivity contribution in [2.45, 2.75) is 18.9 Å². The fourth-order valence-corrected chi connectivity index (χ4v) is 3.10. The molecule has 6 nitrogen and oxygen atoms in total. The van der Waals surface area contributed by atoms with Crippen LogP contribution in [0.1, 0.15) is 34.6 Å². The van der Waals surface area contributed by atoms with Crippen molar-refractivity contribution in [3.05, 3.63) is 93.4 Å². The van der Waals surface area contributed by atoms with Crippen LogP contribution in [-0.4, -0.2) is 29.4 Å². The first-order valence-electron chi connectivity index (χ1n) is 9.47. The van der Waals surface area contributed by atoms with Crippen molar-refractivity contribution in [1.82, 2.24) is 15.1 Å². The Bertz CT molecular complexity index is 1200. The average molecular weight is 449 g/mol. The summed E-state index contributed by atoms with van der Waals surface area (Å²) in [6.45, 7) is 0.400. The first kappa shape index (κ1) is 23.1. The van der Waals surface area contributed by atoms with E-state index in [1.54, 1.807) is 0 Å². The molecule has 0 fully saturated rings. The zero-order valence-corrected chi connectivity index (χ0v) is 17.1. The molecule has 0 aliphatic rings. The molecule has 0 radical (unpaired) electrons. The van der Waals surface area contributed by atoms with Gasteiger partial charge in [0.2, 0.25) is 0 Å². The number of nitrogens with zero attached hydrogens (tertiary/aromatic N) is 2. The summed E-state index contributed by atoms with van der Waals surface area (Å²) >= 11 is 0. The normalized spacial score (nSPS) is 12.4. The summed E-state index contributed by atoms with van der Waals surface area (Å²) in [5.41, 5.74) is -2.10. The summed E-state index contributed by atoms with van der Waals surface area (Å²) in [5.74, 6) is -6.26. The lowest BCUT2D eigenvalue weighted by atomic mass is 10.00. The minimum Gasteiger partial charge on any atom is -0.378 e. The molecule has 0 saturated heterocycles. The van der Waals surface area contributed by atoms with Gasteiger partial charge in [0.15, 0.2) is 0 Å². The molecule has 1 amide bonds. The number of hydrogen-bond acceptors (Lipinski definition) is 4.